The molecule has 1 amide bonds. The molecule has 0 bridgehead atoms. The number of rotatable bonds is 8. The Kier molecular flexibility index (Phi) is 6.55. The summed E-state index contributed by atoms with van der Waals surface area (Å²) in [6.45, 7) is 1.85. The van der Waals surface area contributed by atoms with Crippen molar-refractivity contribution in [2.45, 2.75) is 25.1 Å². The molecule has 2 N–H and O–H groups in total. The zero-order chi connectivity index (χ0) is 23.4. The van der Waals surface area contributed by atoms with Gasteiger partial charge in [-0.1, -0.05) is 25.1 Å². The Hall–Kier alpha value is -3.92. The van der Waals surface area contributed by atoms with Crippen LogP contribution in [0.15, 0.2) is 69.3 Å². The Morgan fingerprint density at radius 1 is 1.18 bits per heavy atom. The molecular weight excluding hydrogens is 447 g/mol. The Labute approximate surface area is 192 Å². The number of carbonyl (C=O) groups excluding carboxylic acids is 1. The van der Waals surface area contributed by atoms with Crippen molar-refractivity contribution in [3.8, 4) is 0 Å². The number of nitrogens with one attached hydrogen (secondary N) is 1. The number of aliphatic carboxylic acids is 1. The number of carbonyl (C=O) groups is 2. The summed E-state index contributed by atoms with van der Waals surface area (Å²) in [5.74, 6) is -1.41. The third kappa shape index (κ3) is 5.29. The molecule has 4 aromatic rings. The molecule has 168 valence electrons. The van der Waals surface area contributed by atoms with Crippen LogP contribution >= 0.6 is 11.8 Å². The Morgan fingerprint density at radius 2 is 1.94 bits per heavy atom. The largest absolute Gasteiger partial charge is 0.477 e. The van der Waals surface area contributed by atoms with Gasteiger partial charge in [0.2, 0.25) is 11.8 Å². The summed E-state index contributed by atoms with van der Waals surface area (Å²) in [6.07, 6.45) is 3.77. The minimum atomic E-state index is -1.14. The normalized spacial score (nSPS) is 11.6. The van der Waals surface area contributed by atoms with Gasteiger partial charge in [-0.2, -0.15) is 0 Å². The molecule has 0 radical (unpaired) electrons. The molecule has 0 saturated carbocycles. The topological polar surface area (TPSA) is 110 Å². The number of halogens is 1. The van der Waals surface area contributed by atoms with Crippen LogP contribution in [0.4, 0.5) is 10.1 Å². The van der Waals surface area contributed by atoms with Crippen LogP contribution in [0.2, 0.25) is 0 Å². The number of carboxylic acid groups (broad SMARTS) is 1. The van der Waals surface area contributed by atoms with E-state index in [2.05, 4.69) is 15.5 Å². The molecule has 0 spiro atoms. The highest BCUT2D eigenvalue weighted by Gasteiger charge is 2.17. The zero-order valence-corrected chi connectivity index (χ0v) is 18.3. The number of nitrogens with zero attached hydrogens (tertiary/aromatic N) is 3. The van der Waals surface area contributed by atoms with Gasteiger partial charge in [0, 0.05) is 34.8 Å². The number of amides is 1. The van der Waals surface area contributed by atoms with E-state index in [4.69, 9.17) is 4.42 Å². The van der Waals surface area contributed by atoms with Crippen LogP contribution in [0.5, 0.6) is 0 Å². The Balaban J connectivity index is 1.61. The zero-order valence-electron chi connectivity index (χ0n) is 17.5. The van der Waals surface area contributed by atoms with Gasteiger partial charge in [-0.3, -0.25) is 4.79 Å². The fourth-order valence-electron chi connectivity index (χ4n) is 3.20. The molecule has 2 aromatic carbocycles. The number of benzene rings is 2. The molecule has 2 heterocycles. The summed E-state index contributed by atoms with van der Waals surface area (Å²) in [7, 11) is 0. The smallest absolute Gasteiger partial charge is 0.342 e. The van der Waals surface area contributed by atoms with Crippen molar-refractivity contribution in [2.24, 2.45) is 0 Å². The van der Waals surface area contributed by atoms with Gasteiger partial charge in [-0.25, -0.2) is 9.18 Å². The first-order valence-electron chi connectivity index (χ1n) is 10.0. The van der Waals surface area contributed by atoms with Crippen molar-refractivity contribution in [1.29, 1.82) is 0 Å². The van der Waals surface area contributed by atoms with E-state index < -0.39 is 5.97 Å². The molecule has 0 saturated heterocycles. The van der Waals surface area contributed by atoms with E-state index in [1.165, 1.54) is 30.3 Å². The van der Waals surface area contributed by atoms with Gasteiger partial charge in [0.1, 0.15) is 17.3 Å². The molecule has 0 aliphatic carbocycles. The summed E-state index contributed by atoms with van der Waals surface area (Å²) in [5.41, 5.74) is 1.87. The Bertz CT molecular complexity index is 1340. The van der Waals surface area contributed by atoms with E-state index in [0.29, 0.717) is 23.6 Å². The molecule has 10 heteroatoms. The molecule has 0 unspecified atom stereocenters. The summed E-state index contributed by atoms with van der Waals surface area (Å²) in [6, 6.07) is 12.9. The molecule has 0 atom stereocenters. The van der Waals surface area contributed by atoms with Gasteiger partial charge in [0.25, 0.3) is 5.22 Å². The molecular formula is C23H19FN4O4S. The molecule has 0 aliphatic rings. The van der Waals surface area contributed by atoms with Crippen molar-refractivity contribution in [1.82, 2.24) is 14.8 Å². The van der Waals surface area contributed by atoms with E-state index in [0.717, 1.165) is 22.7 Å². The van der Waals surface area contributed by atoms with Crippen LogP contribution in [-0.4, -0.2) is 31.7 Å². The maximum absolute atomic E-state index is 13.1. The number of fused-ring (bicyclic) bond motifs is 1. The van der Waals surface area contributed by atoms with E-state index in [9.17, 15) is 19.1 Å². The minimum absolute atomic E-state index is 0.0000279. The van der Waals surface area contributed by atoms with Crippen molar-refractivity contribution in [3.63, 3.8) is 0 Å². The lowest BCUT2D eigenvalue weighted by Gasteiger charge is -2.07. The first-order chi connectivity index (χ1) is 15.9. The quantitative estimate of drug-likeness (QED) is 0.289. The average molecular weight is 466 g/mol. The standard InChI is InChI=1S/C23H19FN4O4S/c1-2-21-26-27-23(32-21)33-19(22(30)31)11-14-12-28(18-6-4-3-5-17(14)18)13-20(29)25-16-9-7-15(24)8-10-16/h3-12H,2,13H2,1H3,(H,25,29)(H,30,31)/b19-11-. The predicted molar refractivity (Wildman–Crippen MR) is 122 cm³/mol. The lowest BCUT2D eigenvalue weighted by Crippen LogP contribution is -2.18. The van der Waals surface area contributed by atoms with Crippen LogP contribution in [0, 0.1) is 5.82 Å². The van der Waals surface area contributed by atoms with Crippen LogP contribution in [0.3, 0.4) is 0 Å². The number of para-hydroxylation sites is 1. The fraction of sp³-hybridized carbons (Fsp3) is 0.130. The summed E-state index contributed by atoms with van der Waals surface area (Å²) in [4.78, 5) is 24.4. The number of hydrogen-bond donors (Lipinski definition) is 2. The number of thioether (sulfide) groups is 1. The summed E-state index contributed by atoms with van der Waals surface area (Å²) < 4.78 is 20.2. The average Bonchev–Trinajstić information content (AvgIpc) is 3.39. The maximum atomic E-state index is 13.1. The van der Waals surface area contributed by atoms with E-state index in [1.807, 2.05) is 31.2 Å². The predicted octanol–water partition coefficient (Wildman–Crippen LogP) is 4.58. The molecule has 4 rings (SSSR count). The van der Waals surface area contributed by atoms with E-state index in [1.54, 1.807) is 10.8 Å². The first kappa shape index (κ1) is 22.3. The molecule has 33 heavy (non-hydrogen) atoms. The third-order valence-electron chi connectivity index (χ3n) is 4.71. The number of hydrogen-bond acceptors (Lipinski definition) is 6. The minimum Gasteiger partial charge on any atom is -0.477 e. The van der Waals surface area contributed by atoms with Gasteiger partial charge >= 0.3 is 5.97 Å². The Morgan fingerprint density at radius 3 is 2.64 bits per heavy atom. The van der Waals surface area contributed by atoms with Crippen LogP contribution in [0.1, 0.15) is 18.4 Å². The number of aryl methyl sites for hydroxylation is 1. The van der Waals surface area contributed by atoms with Crippen LogP contribution in [0.25, 0.3) is 17.0 Å². The lowest BCUT2D eigenvalue weighted by atomic mass is 10.1. The lowest BCUT2D eigenvalue weighted by molar-refractivity contribution is -0.131. The monoisotopic (exact) mass is 466 g/mol. The van der Waals surface area contributed by atoms with Crippen LogP contribution < -0.4 is 5.32 Å². The summed E-state index contributed by atoms with van der Waals surface area (Å²) in [5, 5.41) is 21.1. The third-order valence-corrected chi connectivity index (χ3v) is 5.56. The van der Waals surface area contributed by atoms with E-state index in [-0.39, 0.29) is 28.4 Å². The van der Waals surface area contributed by atoms with Crippen molar-refractivity contribution in [3.05, 3.63) is 76.9 Å². The SMILES string of the molecule is CCc1nnc(S/C(=C\c2cn(CC(=O)Nc3ccc(F)cc3)c3ccccc23)C(=O)O)o1. The second-order valence-electron chi connectivity index (χ2n) is 7.02. The number of anilines is 1. The molecule has 0 aliphatic heterocycles. The maximum Gasteiger partial charge on any atom is 0.342 e. The summed E-state index contributed by atoms with van der Waals surface area (Å²) >= 11 is 0.865. The highest BCUT2D eigenvalue weighted by Crippen LogP contribution is 2.30. The molecule has 2 aromatic heterocycles. The fourth-order valence-corrected chi connectivity index (χ4v) is 3.88. The first-order valence-corrected chi connectivity index (χ1v) is 10.8. The van der Waals surface area contributed by atoms with Gasteiger partial charge in [-0.15, -0.1) is 10.2 Å². The highest BCUT2D eigenvalue weighted by atomic mass is 32.2. The molecule has 0 fully saturated rings. The highest BCUT2D eigenvalue weighted by molar-refractivity contribution is 8.03. The second-order valence-corrected chi connectivity index (χ2v) is 8.01. The number of aromatic nitrogens is 3. The van der Waals surface area contributed by atoms with Crippen molar-refractivity contribution >= 4 is 46.3 Å². The number of carboxylic acids is 1. The van der Waals surface area contributed by atoms with Gasteiger partial charge in [0.05, 0.1) is 0 Å². The van der Waals surface area contributed by atoms with Gasteiger partial charge < -0.3 is 19.4 Å². The van der Waals surface area contributed by atoms with E-state index >= 15 is 0 Å². The van der Waals surface area contributed by atoms with Gasteiger partial charge in [-0.05, 0) is 48.2 Å². The van der Waals surface area contributed by atoms with Gasteiger partial charge in [0.15, 0.2) is 0 Å². The second kappa shape index (κ2) is 9.70. The van der Waals surface area contributed by atoms with Crippen molar-refractivity contribution < 1.29 is 23.5 Å². The van der Waals surface area contributed by atoms with Crippen molar-refractivity contribution in [2.75, 3.05) is 5.32 Å². The molecule has 8 nitrogen and oxygen atoms in total. The van der Waals surface area contributed by atoms with Crippen LogP contribution in [-0.2, 0) is 22.6 Å².